The maximum Gasteiger partial charge on any atom is 0.146 e. The fraction of sp³-hybridized carbons (Fsp3) is 0.250. The smallest absolute Gasteiger partial charge is 0.146 e. The second-order valence-electron chi connectivity index (χ2n) is 4.58. The highest BCUT2D eigenvalue weighted by molar-refractivity contribution is 6.32. The molecule has 2 aromatic carbocycles. The summed E-state index contributed by atoms with van der Waals surface area (Å²) in [5, 5.41) is 10.4. The van der Waals surface area contributed by atoms with Crippen LogP contribution in [0.3, 0.4) is 0 Å². The van der Waals surface area contributed by atoms with Crippen LogP contribution in [0, 0.1) is 6.92 Å². The van der Waals surface area contributed by atoms with Gasteiger partial charge >= 0.3 is 0 Å². The Morgan fingerprint density at radius 3 is 2.40 bits per heavy atom. The maximum absolute atomic E-state index is 9.91. The molecule has 2 aromatic rings. The number of methoxy groups -OCH3 is 1. The summed E-state index contributed by atoms with van der Waals surface area (Å²) in [7, 11) is 1.56. The van der Waals surface area contributed by atoms with Gasteiger partial charge in [0.15, 0.2) is 0 Å². The van der Waals surface area contributed by atoms with Crippen LogP contribution in [0.4, 0.5) is 0 Å². The van der Waals surface area contributed by atoms with E-state index in [0.717, 1.165) is 5.56 Å². The average Bonchev–Trinajstić information content (AvgIpc) is 2.41. The quantitative estimate of drug-likeness (QED) is 0.901. The van der Waals surface area contributed by atoms with Crippen molar-refractivity contribution in [3.63, 3.8) is 0 Å². The third-order valence-corrected chi connectivity index (χ3v) is 3.27. The Morgan fingerprint density at radius 2 is 1.80 bits per heavy atom. The van der Waals surface area contributed by atoms with Gasteiger partial charge in [0, 0.05) is 0 Å². The van der Waals surface area contributed by atoms with Gasteiger partial charge in [-0.2, -0.15) is 0 Å². The van der Waals surface area contributed by atoms with Crippen LogP contribution < -0.4 is 9.47 Å². The van der Waals surface area contributed by atoms with Crippen LogP contribution in [-0.2, 0) is 0 Å². The van der Waals surface area contributed by atoms with E-state index in [-0.39, 0.29) is 0 Å². The third kappa shape index (κ3) is 3.06. The Bertz CT molecular complexity index is 609. The molecule has 20 heavy (non-hydrogen) atoms. The molecule has 0 unspecified atom stereocenters. The minimum absolute atomic E-state index is 0.532. The van der Waals surface area contributed by atoms with Crippen LogP contribution in [0.1, 0.15) is 24.2 Å². The monoisotopic (exact) mass is 292 g/mol. The average molecular weight is 293 g/mol. The first-order valence-corrected chi connectivity index (χ1v) is 6.69. The number of hydrogen-bond donors (Lipinski definition) is 1. The molecule has 0 spiro atoms. The van der Waals surface area contributed by atoms with Crippen LogP contribution in [-0.4, -0.2) is 12.2 Å². The number of aliphatic hydroxyl groups is 1. The van der Waals surface area contributed by atoms with E-state index in [1.165, 1.54) is 0 Å². The van der Waals surface area contributed by atoms with Crippen molar-refractivity contribution in [3.05, 3.63) is 52.5 Å². The molecule has 0 saturated heterocycles. The molecule has 0 aromatic heterocycles. The highest BCUT2D eigenvalue weighted by Gasteiger charge is 2.16. The molecule has 0 bridgehead atoms. The summed E-state index contributed by atoms with van der Waals surface area (Å²) < 4.78 is 11.1. The zero-order valence-electron chi connectivity index (χ0n) is 11.7. The molecule has 106 valence electrons. The van der Waals surface area contributed by atoms with Crippen LogP contribution >= 0.6 is 11.6 Å². The van der Waals surface area contributed by atoms with E-state index in [4.69, 9.17) is 21.1 Å². The van der Waals surface area contributed by atoms with Gasteiger partial charge in [0.1, 0.15) is 17.2 Å². The Hall–Kier alpha value is -1.71. The van der Waals surface area contributed by atoms with Gasteiger partial charge in [-0.3, -0.25) is 0 Å². The number of halogens is 1. The standard InChI is InChI=1S/C16H17ClO3/c1-10-7-8-13(12(17)9-10)20-15-6-4-5-14(19-3)16(15)11(2)18/h4-9,11,18H,1-3H3/t11-/m1/s1. The van der Waals surface area contributed by atoms with Crippen LogP contribution in [0.2, 0.25) is 5.02 Å². The number of rotatable bonds is 4. The van der Waals surface area contributed by atoms with Crippen molar-refractivity contribution in [2.24, 2.45) is 0 Å². The SMILES string of the molecule is COc1cccc(Oc2ccc(C)cc2Cl)c1[C@@H](C)O. The number of aryl methyl sites for hydroxylation is 1. The second-order valence-corrected chi connectivity index (χ2v) is 4.99. The Labute approximate surface area is 123 Å². The summed E-state index contributed by atoms with van der Waals surface area (Å²) in [5.41, 5.74) is 1.66. The van der Waals surface area contributed by atoms with Gasteiger partial charge in [-0.05, 0) is 43.7 Å². The molecule has 3 nitrogen and oxygen atoms in total. The van der Waals surface area contributed by atoms with Crippen molar-refractivity contribution >= 4 is 11.6 Å². The molecule has 2 rings (SSSR count). The highest BCUT2D eigenvalue weighted by Crippen LogP contribution is 2.38. The van der Waals surface area contributed by atoms with E-state index in [9.17, 15) is 5.11 Å². The minimum atomic E-state index is -0.703. The summed E-state index contributed by atoms with van der Waals surface area (Å²) in [4.78, 5) is 0. The fourth-order valence-electron chi connectivity index (χ4n) is 2.01. The van der Waals surface area contributed by atoms with Gasteiger partial charge in [-0.15, -0.1) is 0 Å². The lowest BCUT2D eigenvalue weighted by Gasteiger charge is -2.17. The van der Waals surface area contributed by atoms with Gasteiger partial charge in [0.2, 0.25) is 0 Å². The molecule has 1 atom stereocenters. The summed E-state index contributed by atoms with van der Waals surface area (Å²) in [5.74, 6) is 1.67. The van der Waals surface area contributed by atoms with Gasteiger partial charge < -0.3 is 14.6 Å². The molecule has 0 aliphatic carbocycles. The number of ether oxygens (including phenoxy) is 2. The van der Waals surface area contributed by atoms with Crippen molar-refractivity contribution < 1.29 is 14.6 Å². The Morgan fingerprint density at radius 1 is 1.10 bits per heavy atom. The summed E-state index contributed by atoms with van der Waals surface area (Å²) in [6, 6.07) is 10.9. The van der Waals surface area contributed by atoms with Gasteiger partial charge in [0.25, 0.3) is 0 Å². The van der Waals surface area contributed by atoms with Crippen molar-refractivity contribution in [1.82, 2.24) is 0 Å². The predicted octanol–water partition coefficient (Wildman–Crippen LogP) is 4.50. The van der Waals surface area contributed by atoms with Crippen LogP contribution in [0.25, 0.3) is 0 Å². The molecule has 1 N–H and O–H groups in total. The van der Waals surface area contributed by atoms with Gasteiger partial charge in [-0.1, -0.05) is 23.7 Å². The number of benzene rings is 2. The van der Waals surface area contributed by atoms with Crippen LogP contribution in [0.5, 0.6) is 17.2 Å². The van der Waals surface area contributed by atoms with Gasteiger partial charge in [-0.25, -0.2) is 0 Å². The van der Waals surface area contributed by atoms with Gasteiger partial charge in [0.05, 0.1) is 23.8 Å². The largest absolute Gasteiger partial charge is 0.496 e. The van der Waals surface area contributed by atoms with Crippen molar-refractivity contribution in [1.29, 1.82) is 0 Å². The summed E-state index contributed by atoms with van der Waals surface area (Å²) in [6.07, 6.45) is -0.703. The summed E-state index contributed by atoms with van der Waals surface area (Å²) >= 11 is 6.17. The highest BCUT2D eigenvalue weighted by atomic mass is 35.5. The lowest BCUT2D eigenvalue weighted by Crippen LogP contribution is -2.00. The molecular weight excluding hydrogens is 276 g/mol. The number of hydrogen-bond acceptors (Lipinski definition) is 3. The molecular formula is C16H17ClO3. The predicted molar refractivity (Wildman–Crippen MR) is 79.9 cm³/mol. The zero-order valence-corrected chi connectivity index (χ0v) is 12.4. The first-order valence-electron chi connectivity index (χ1n) is 6.32. The maximum atomic E-state index is 9.91. The Balaban J connectivity index is 2.43. The normalized spacial score (nSPS) is 12.1. The van der Waals surface area contributed by atoms with E-state index in [1.807, 2.05) is 31.2 Å². The molecule has 0 saturated carbocycles. The second kappa shape index (κ2) is 6.16. The molecule has 0 amide bonds. The van der Waals surface area contributed by atoms with E-state index < -0.39 is 6.10 Å². The molecule has 0 heterocycles. The summed E-state index contributed by atoms with van der Waals surface area (Å²) in [6.45, 7) is 3.63. The van der Waals surface area contributed by atoms with E-state index >= 15 is 0 Å². The molecule has 4 heteroatoms. The van der Waals surface area contributed by atoms with E-state index in [2.05, 4.69) is 0 Å². The molecule has 0 aliphatic rings. The lowest BCUT2D eigenvalue weighted by molar-refractivity contribution is 0.190. The lowest BCUT2D eigenvalue weighted by atomic mass is 10.1. The fourth-order valence-corrected chi connectivity index (χ4v) is 2.28. The molecule has 0 fully saturated rings. The first-order chi connectivity index (χ1) is 9.52. The van der Waals surface area contributed by atoms with Crippen molar-refractivity contribution in [2.45, 2.75) is 20.0 Å². The molecule has 0 aliphatic heterocycles. The van der Waals surface area contributed by atoms with E-state index in [1.54, 1.807) is 26.2 Å². The van der Waals surface area contributed by atoms with Crippen molar-refractivity contribution in [2.75, 3.05) is 7.11 Å². The Kier molecular flexibility index (Phi) is 4.53. The molecule has 0 radical (unpaired) electrons. The van der Waals surface area contributed by atoms with Crippen molar-refractivity contribution in [3.8, 4) is 17.2 Å². The van der Waals surface area contributed by atoms with Crippen LogP contribution in [0.15, 0.2) is 36.4 Å². The zero-order chi connectivity index (χ0) is 14.7. The topological polar surface area (TPSA) is 38.7 Å². The number of aliphatic hydroxyl groups excluding tert-OH is 1. The first kappa shape index (κ1) is 14.7. The minimum Gasteiger partial charge on any atom is -0.496 e. The third-order valence-electron chi connectivity index (χ3n) is 2.97. The van der Waals surface area contributed by atoms with E-state index in [0.29, 0.717) is 27.8 Å².